The SMILES string of the molecule is N#Cc1ccc(NC(=O)c2ccc(Cl)cn2)c(N)c1. The summed E-state index contributed by atoms with van der Waals surface area (Å²) in [5.41, 5.74) is 7.15. The van der Waals surface area contributed by atoms with Crippen LogP contribution in [0.3, 0.4) is 0 Å². The monoisotopic (exact) mass is 272 g/mol. The number of rotatable bonds is 2. The largest absolute Gasteiger partial charge is 0.397 e. The highest BCUT2D eigenvalue weighted by Gasteiger charge is 2.09. The van der Waals surface area contributed by atoms with Crippen LogP contribution >= 0.6 is 11.6 Å². The lowest BCUT2D eigenvalue weighted by Crippen LogP contribution is -2.14. The van der Waals surface area contributed by atoms with Crippen molar-refractivity contribution < 1.29 is 4.79 Å². The first-order valence-corrected chi connectivity index (χ1v) is 5.70. The predicted octanol–water partition coefficient (Wildman–Crippen LogP) is 2.44. The highest BCUT2D eigenvalue weighted by molar-refractivity contribution is 6.30. The second-order valence-corrected chi connectivity index (χ2v) is 4.17. The number of carbonyl (C=O) groups excluding carboxylic acids is 1. The maximum atomic E-state index is 11.9. The smallest absolute Gasteiger partial charge is 0.274 e. The van der Waals surface area contributed by atoms with Crippen molar-refractivity contribution >= 4 is 28.9 Å². The molecule has 0 fully saturated rings. The van der Waals surface area contributed by atoms with Crippen molar-refractivity contribution in [3.63, 3.8) is 0 Å². The van der Waals surface area contributed by atoms with Crippen LogP contribution in [0.2, 0.25) is 5.02 Å². The summed E-state index contributed by atoms with van der Waals surface area (Å²) in [6.45, 7) is 0. The number of hydrogen-bond donors (Lipinski definition) is 2. The molecule has 0 aliphatic rings. The fraction of sp³-hybridized carbons (Fsp3) is 0. The molecule has 0 saturated carbocycles. The molecule has 3 N–H and O–H groups in total. The molecule has 1 heterocycles. The molecular weight excluding hydrogens is 264 g/mol. The van der Waals surface area contributed by atoms with E-state index in [0.717, 1.165) is 0 Å². The number of pyridine rings is 1. The van der Waals surface area contributed by atoms with E-state index in [9.17, 15) is 4.79 Å². The van der Waals surface area contributed by atoms with Crippen molar-refractivity contribution in [1.82, 2.24) is 4.98 Å². The van der Waals surface area contributed by atoms with Crippen LogP contribution in [-0.2, 0) is 0 Å². The molecule has 0 radical (unpaired) electrons. The van der Waals surface area contributed by atoms with Gasteiger partial charge < -0.3 is 11.1 Å². The molecule has 0 saturated heterocycles. The number of hydrogen-bond acceptors (Lipinski definition) is 4. The van der Waals surface area contributed by atoms with E-state index < -0.39 is 5.91 Å². The van der Waals surface area contributed by atoms with E-state index in [0.29, 0.717) is 22.0 Å². The zero-order valence-electron chi connectivity index (χ0n) is 9.72. The van der Waals surface area contributed by atoms with Gasteiger partial charge in [-0.2, -0.15) is 5.26 Å². The molecule has 2 aromatic rings. The third-order valence-electron chi connectivity index (χ3n) is 2.39. The maximum absolute atomic E-state index is 11.9. The van der Waals surface area contributed by atoms with Crippen LogP contribution in [0, 0.1) is 11.3 Å². The summed E-state index contributed by atoms with van der Waals surface area (Å²) < 4.78 is 0. The van der Waals surface area contributed by atoms with Gasteiger partial charge in [-0.3, -0.25) is 4.79 Å². The molecule has 0 aliphatic heterocycles. The molecule has 2 rings (SSSR count). The molecule has 1 aromatic heterocycles. The van der Waals surface area contributed by atoms with E-state index in [-0.39, 0.29) is 5.69 Å². The molecule has 6 heteroatoms. The van der Waals surface area contributed by atoms with Crippen molar-refractivity contribution in [3.8, 4) is 6.07 Å². The Morgan fingerprint density at radius 2 is 2.16 bits per heavy atom. The van der Waals surface area contributed by atoms with E-state index in [2.05, 4.69) is 10.3 Å². The van der Waals surface area contributed by atoms with Gasteiger partial charge in [-0.05, 0) is 30.3 Å². The highest BCUT2D eigenvalue weighted by Crippen LogP contribution is 2.20. The predicted molar refractivity (Wildman–Crippen MR) is 72.8 cm³/mol. The fourth-order valence-electron chi connectivity index (χ4n) is 1.44. The number of aromatic nitrogens is 1. The first-order valence-electron chi connectivity index (χ1n) is 5.32. The quantitative estimate of drug-likeness (QED) is 0.821. The first kappa shape index (κ1) is 12.9. The number of halogens is 1. The number of carbonyl (C=O) groups is 1. The second kappa shape index (κ2) is 5.38. The molecule has 0 unspecified atom stereocenters. The van der Waals surface area contributed by atoms with Gasteiger partial charge in [-0.1, -0.05) is 11.6 Å². The second-order valence-electron chi connectivity index (χ2n) is 3.73. The Balaban J connectivity index is 2.20. The highest BCUT2D eigenvalue weighted by atomic mass is 35.5. The maximum Gasteiger partial charge on any atom is 0.274 e. The molecule has 5 nitrogen and oxygen atoms in total. The van der Waals surface area contributed by atoms with Gasteiger partial charge in [0.2, 0.25) is 0 Å². The lowest BCUT2D eigenvalue weighted by atomic mass is 10.2. The first-order chi connectivity index (χ1) is 9.10. The van der Waals surface area contributed by atoms with Gasteiger partial charge in [-0.15, -0.1) is 0 Å². The molecule has 0 aliphatic carbocycles. The number of nitrogens with two attached hydrogens (primary N) is 1. The topological polar surface area (TPSA) is 91.8 Å². The van der Waals surface area contributed by atoms with Gasteiger partial charge in [0.1, 0.15) is 5.69 Å². The lowest BCUT2D eigenvalue weighted by molar-refractivity contribution is 0.102. The van der Waals surface area contributed by atoms with Crippen LogP contribution in [0.15, 0.2) is 36.5 Å². The summed E-state index contributed by atoms with van der Waals surface area (Å²) >= 11 is 5.69. The minimum Gasteiger partial charge on any atom is -0.397 e. The normalized spacial score (nSPS) is 9.68. The number of amides is 1. The number of benzene rings is 1. The third kappa shape index (κ3) is 3.00. The standard InChI is InChI=1S/C13H9ClN4O/c14-9-2-4-12(17-7-9)13(19)18-11-3-1-8(6-15)5-10(11)16/h1-5,7H,16H2,(H,18,19). The van der Waals surface area contributed by atoms with Crippen molar-refractivity contribution in [2.24, 2.45) is 0 Å². The van der Waals surface area contributed by atoms with Crippen molar-refractivity contribution in [1.29, 1.82) is 5.26 Å². The molecule has 1 aromatic carbocycles. The number of nitriles is 1. The summed E-state index contributed by atoms with van der Waals surface area (Å²) in [4.78, 5) is 15.8. The van der Waals surface area contributed by atoms with Crippen LogP contribution in [-0.4, -0.2) is 10.9 Å². The molecule has 0 atom stereocenters. The average molecular weight is 273 g/mol. The summed E-state index contributed by atoms with van der Waals surface area (Å²) in [5, 5.41) is 11.8. The van der Waals surface area contributed by atoms with Crippen LogP contribution in [0.1, 0.15) is 16.1 Å². The molecule has 0 spiro atoms. The molecule has 0 bridgehead atoms. The van der Waals surface area contributed by atoms with Crippen molar-refractivity contribution in [2.45, 2.75) is 0 Å². The fourth-order valence-corrected chi connectivity index (χ4v) is 1.55. The van der Waals surface area contributed by atoms with Crippen molar-refractivity contribution in [2.75, 3.05) is 11.1 Å². The van der Waals surface area contributed by atoms with Gasteiger partial charge in [0, 0.05) is 6.20 Å². The molecule has 1 amide bonds. The van der Waals surface area contributed by atoms with Crippen molar-refractivity contribution in [3.05, 3.63) is 52.8 Å². The van der Waals surface area contributed by atoms with E-state index in [1.165, 1.54) is 18.3 Å². The average Bonchev–Trinajstić information content (AvgIpc) is 2.41. The summed E-state index contributed by atoms with van der Waals surface area (Å²) in [5.74, 6) is -0.395. The van der Waals surface area contributed by atoms with Gasteiger partial charge in [0.25, 0.3) is 5.91 Å². The minimum absolute atomic E-state index is 0.230. The van der Waals surface area contributed by atoms with Gasteiger partial charge in [-0.25, -0.2) is 4.98 Å². The number of nitrogen functional groups attached to an aromatic ring is 1. The molecule has 94 valence electrons. The Hall–Kier alpha value is -2.58. The van der Waals surface area contributed by atoms with E-state index in [4.69, 9.17) is 22.6 Å². The van der Waals surface area contributed by atoms with Gasteiger partial charge >= 0.3 is 0 Å². The van der Waals surface area contributed by atoms with Crippen LogP contribution in [0.4, 0.5) is 11.4 Å². The molecular formula is C13H9ClN4O. The van der Waals surface area contributed by atoms with Gasteiger partial charge in [0.05, 0.1) is 28.0 Å². The lowest BCUT2D eigenvalue weighted by Gasteiger charge is -2.07. The summed E-state index contributed by atoms with van der Waals surface area (Å²) in [7, 11) is 0. The number of nitrogens with one attached hydrogen (secondary N) is 1. The van der Waals surface area contributed by atoms with Crippen LogP contribution < -0.4 is 11.1 Å². The Bertz CT molecular complexity index is 661. The van der Waals surface area contributed by atoms with Crippen LogP contribution in [0.25, 0.3) is 0 Å². The van der Waals surface area contributed by atoms with E-state index in [1.807, 2.05) is 6.07 Å². The summed E-state index contributed by atoms with van der Waals surface area (Å²) in [6.07, 6.45) is 1.39. The van der Waals surface area contributed by atoms with E-state index >= 15 is 0 Å². The molecule has 19 heavy (non-hydrogen) atoms. The van der Waals surface area contributed by atoms with Crippen LogP contribution in [0.5, 0.6) is 0 Å². The third-order valence-corrected chi connectivity index (χ3v) is 2.61. The minimum atomic E-state index is -0.395. The number of anilines is 2. The zero-order valence-corrected chi connectivity index (χ0v) is 10.5. The zero-order chi connectivity index (χ0) is 13.8. The summed E-state index contributed by atoms with van der Waals surface area (Å²) in [6, 6.07) is 9.69. The van der Waals surface area contributed by atoms with E-state index in [1.54, 1.807) is 18.2 Å². The van der Waals surface area contributed by atoms with Gasteiger partial charge in [0.15, 0.2) is 0 Å². The Labute approximate surface area is 114 Å². The number of nitrogens with zero attached hydrogens (tertiary/aromatic N) is 2. The Morgan fingerprint density at radius 1 is 1.37 bits per heavy atom. The Kier molecular flexibility index (Phi) is 3.64. The Morgan fingerprint density at radius 3 is 2.74 bits per heavy atom.